The molecule has 0 radical (unpaired) electrons. The van der Waals surface area contributed by atoms with Crippen LogP contribution in [-0.4, -0.2) is 24.4 Å². The van der Waals surface area contributed by atoms with Crippen molar-refractivity contribution >= 4 is 11.7 Å². The van der Waals surface area contributed by atoms with Crippen LogP contribution in [0.4, 0.5) is 10.5 Å². The molecule has 0 saturated heterocycles. The maximum absolute atomic E-state index is 12.2. The molecule has 0 spiro atoms. The number of ether oxygens (including phenoxy) is 1. The van der Waals surface area contributed by atoms with Crippen LogP contribution in [0, 0.1) is 6.92 Å². The van der Waals surface area contributed by atoms with Crippen LogP contribution in [0.3, 0.4) is 0 Å². The van der Waals surface area contributed by atoms with Crippen LogP contribution in [0.2, 0.25) is 0 Å². The average Bonchev–Trinajstić information content (AvgIpc) is 2.60. The lowest BCUT2D eigenvalue weighted by Gasteiger charge is -2.15. The quantitative estimate of drug-likeness (QED) is 0.731. The molecule has 0 aliphatic carbocycles. The first kappa shape index (κ1) is 17.8. The Morgan fingerprint density at radius 3 is 2.62 bits per heavy atom. The number of amides is 2. The SMILES string of the molecule is CCc1cccc(C)c1NC(=O)NCc1ccccc1OCCO. The van der Waals surface area contributed by atoms with Gasteiger partial charge in [-0.25, -0.2) is 4.79 Å². The molecule has 5 heteroatoms. The van der Waals surface area contributed by atoms with Gasteiger partial charge in [-0.1, -0.05) is 43.3 Å². The Labute approximate surface area is 142 Å². The number of benzene rings is 2. The van der Waals surface area contributed by atoms with E-state index in [1.807, 2.05) is 49.4 Å². The van der Waals surface area contributed by atoms with Crippen LogP contribution in [0.5, 0.6) is 5.75 Å². The summed E-state index contributed by atoms with van der Waals surface area (Å²) in [7, 11) is 0. The Morgan fingerprint density at radius 2 is 1.88 bits per heavy atom. The van der Waals surface area contributed by atoms with Gasteiger partial charge in [0.15, 0.2) is 0 Å². The van der Waals surface area contributed by atoms with E-state index in [-0.39, 0.29) is 19.2 Å². The van der Waals surface area contributed by atoms with Gasteiger partial charge in [0.25, 0.3) is 0 Å². The second-order valence-corrected chi connectivity index (χ2v) is 5.45. The number of para-hydroxylation sites is 2. The van der Waals surface area contributed by atoms with Gasteiger partial charge in [-0.15, -0.1) is 0 Å². The Hall–Kier alpha value is -2.53. The zero-order valence-corrected chi connectivity index (χ0v) is 14.1. The summed E-state index contributed by atoms with van der Waals surface area (Å²) in [6.45, 7) is 4.57. The van der Waals surface area contributed by atoms with Gasteiger partial charge in [0.05, 0.1) is 6.61 Å². The normalized spacial score (nSPS) is 10.3. The predicted molar refractivity (Wildman–Crippen MR) is 95.4 cm³/mol. The number of aryl methyl sites for hydroxylation is 2. The van der Waals surface area contributed by atoms with Gasteiger partial charge in [-0.3, -0.25) is 0 Å². The molecule has 5 nitrogen and oxygen atoms in total. The highest BCUT2D eigenvalue weighted by molar-refractivity contribution is 5.91. The summed E-state index contributed by atoms with van der Waals surface area (Å²) < 4.78 is 5.47. The van der Waals surface area contributed by atoms with Crippen molar-refractivity contribution in [1.82, 2.24) is 5.32 Å². The van der Waals surface area contributed by atoms with Gasteiger partial charge in [0, 0.05) is 17.8 Å². The number of aliphatic hydroxyl groups is 1. The fourth-order valence-corrected chi connectivity index (χ4v) is 2.48. The molecule has 0 fully saturated rings. The third kappa shape index (κ3) is 4.73. The van der Waals surface area contributed by atoms with E-state index >= 15 is 0 Å². The van der Waals surface area contributed by atoms with Gasteiger partial charge < -0.3 is 20.5 Å². The Balaban J connectivity index is 1.99. The molecule has 0 aliphatic heterocycles. The van der Waals surface area contributed by atoms with E-state index in [0.29, 0.717) is 12.3 Å². The molecule has 24 heavy (non-hydrogen) atoms. The highest BCUT2D eigenvalue weighted by Crippen LogP contribution is 2.21. The standard InChI is InChI=1S/C19H24N2O3/c1-3-15-9-6-7-14(2)18(15)21-19(23)20-13-16-8-4-5-10-17(16)24-12-11-22/h4-10,22H,3,11-13H2,1-2H3,(H2,20,21,23). The number of hydrogen-bond donors (Lipinski definition) is 3. The molecular formula is C19H24N2O3. The van der Waals surface area contributed by atoms with Crippen molar-refractivity contribution in [3.05, 3.63) is 59.2 Å². The van der Waals surface area contributed by atoms with Crippen molar-refractivity contribution in [3.63, 3.8) is 0 Å². The Kier molecular flexibility index (Phi) is 6.63. The van der Waals surface area contributed by atoms with Crippen LogP contribution in [0.15, 0.2) is 42.5 Å². The number of carbonyl (C=O) groups is 1. The minimum absolute atomic E-state index is 0.0463. The lowest BCUT2D eigenvalue weighted by atomic mass is 10.1. The Morgan fingerprint density at radius 1 is 1.12 bits per heavy atom. The molecule has 0 atom stereocenters. The van der Waals surface area contributed by atoms with Crippen LogP contribution in [-0.2, 0) is 13.0 Å². The molecule has 3 N–H and O–H groups in total. The van der Waals surface area contributed by atoms with Gasteiger partial charge in [-0.2, -0.15) is 0 Å². The maximum atomic E-state index is 12.2. The number of rotatable bonds is 7. The molecule has 0 bridgehead atoms. The first-order valence-electron chi connectivity index (χ1n) is 8.10. The van der Waals surface area contributed by atoms with Crippen LogP contribution >= 0.6 is 0 Å². The first-order chi connectivity index (χ1) is 11.7. The highest BCUT2D eigenvalue weighted by atomic mass is 16.5. The minimum Gasteiger partial charge on any atom is -0.491 e. The monoisotopic (exact) mass is 328 g/mol. The summed E-state index contributed by atoms with van der Waals surface area (Å²) in [5.74, 6) is 0.664. The molecule has 0 unspecified atom stereocenters. The van der Waals surface area contributed by atoms with Crippen molar-refractivity contribution in [2.75, 3.05) is 18.5 Å². The van der Waals surface area contributed by atoms with E-state index in [1.54, 1.807) is 0 Å². The third-order valence-electron chi connectivity index (χ3n) is 3.74. The second-order valence-electron chi connectivity index (χ2n) is 5.45. The molecule has 0 saturated carbocycles. The van der Waals surface area contributed by atoms with Crippen molar-refractivity contribution in [3.8, 4) is 5.75 Å². The number of aliphatic hydroxyl groups excluding tert-OH is 1. The lowest BCUT2D eigenvalue weighted by Crippen LogP contribution is -2.29. The fraction of sp³-hybridized carbons (Fsp3) is 0.316. The predicted octanol–water partition coefficient (Wildman–Crippen LogP) is 3.25. The third-order valence-corrected chi connectivity index (χ3v) is 3.74. The number of nitrogens with one attached hydrogen (secondary N) is 2. The summed E-state index contributed by atoms with van der Waals surface area (Å²) in [5.41, 5.74) is 3.87. The lowest BCUT2D eigenvalue weighted by molar-refractivity contribution is 0.200. The molecule has 2 aromatic rings. The van der Waals surface area contributed by atoms with Gasteiger partial charge in [0.2, 0.25) is 0 Å². The number of carbonyl (C=O) groups excluding carboxylic acids is 1. The van der Waals surface area contributed by atoms with Crippen molar-refractivity contribution in [2.45, 2.75) is 26.8 Å². The van der Waals surface area contributed by atoms with E-state index in [4.69, 9.17) is 9.84 Å². The smallest absolute Gasteiger partial charge is 0.319 e. The minimum atomic E-state index is -0.254. The summed E-state index contributed by atoms with van der Waals surface area (Å²) in [4.78, 5) is 12.2. The van der Waals surface area contributed by atoms with Crippen molar-refractivity contribution in [1.29, 1.82) is 0 Å². The van der Waals surface area contributed by atoms with E-state index in [0.717, 1.165) is 28.8 Å². The molecule has 0 heterocycles. The molecule has 0 aromatic heterocycles. The van der Waals surface area contributed by atoms with Gasteiger partial charge >= 0.3 is 6.03 Å². The number of hydrogen-bond acceptors (Lipinski definition) is 3. The average molecular weight is 328 g/mol. The van der Waals surface area contributed by atoms with E-state index < -0.39 is 0 Å². The van der Waals surface area contributed by atoms with Crippen molar-refractivity contribution < 1.29 is 14.6 Å². The molecule has 0 aliphatic rings. The van der Waals surface area contributed by atoms with Gasteiger partial charge in [-0.05, 0) is 30.5 Å². The van der Waals surface area contributed by atoms with E-state index in [9.17, 15) is 4.79 Å². The number of urea groups is 1. The largest absolute Gasteiger partial charge is 0.491 e. The van der Waals surface area contributed by atoms with Crippen molar-refractivity contribution in [2.24, 2.45) is 0 Å². The number of anilines is 1. The molecule has 128 valence electrons. The van der Waals surface area contributed by atoms with Crippen LogP contribution < -0.4 is 15.4 Å². The highest BCUT2D eigenvalue weighted by Gasteiger charge is 2.09. The summed E-state index contributed by atoms with van der Waals surface area (Å²) in [6, 6.07) is 13.2. The topological polar surface area (TPSA) is 70.6 Å². The summed E-state index contributed by atoms with van der Waals surface area (Å²) >= 11 is 0. The molecule has 2 aromatic carbocycles. The first-order valence-corrected chi connectivity index (χ1v) is 8.10. The summed E-state index contributed by atoms with van der Waals surface area (Å²) in [6.07, 6.45) is 0.856. The van der Waals surface area contributed by atoms with Gasteiger partial charge in [0.1, 0.15) is 12.4 Å². The zero-order valence-electron chi connectivity index (χ0n) is 14.1. The molecule has 2 rings (SSSR count). The maximum Gasteiger partial charge on any atom is 0.319 e. The Bertz CT molecular complexity index is 686. The summed E-state index contributed by atoms with van der Waals surface area (Å²) in [5, 5.41) is 14.7. The van der Waals surface area contributed by atoms with E-state index in [1.165, 1.54) is 0 Å². The molecular weight excluding hydrogens is 304 g/mol. The second kappa shape index (κ2) is 8.93. The van der Waals surface area contributed by atoms with Crippen LogP contribution in [0.25, 0.3) is 0 Å². The zero-order chi connectivity index (χ0) is 17.4. The molecule has 2 amide bonds. The fourth-order valence-electron chi connectivity index (χ4n) is 2.48. The van der Waals surface area contributed by atoms with E-state index in [2.05, 4.69) is 17.6 Å². The van der Waals surface area contributed by atoms with Crippen LogP contribution in [0.1, 0.15) is 23.6 Å².